The van der Waals surface area contributed by atoms with Gasteiger partial charge in [-0.05, 0) is 24.5 Å². The molecule has 0 radical (unpaired) electrons. The summed E-state index contributed by atoms with van der Waals surface area (Å²) in [6.07, 6.45) is -0.305. The molecule has 3 nitrogen and oxygen atoms in total. The van der Waals surface area contributed by atoms with E-state index in [9.17, 15) is 9.90 Å². The van der Waals surface area contributed by atoms with Crippen molar-refractivity contribution in [3.8, 4) is 0 Å². The van der Waals surface area contributed by atoms with Crippen LogP contribution in [0.25, 0.3) is 0 Å². The quantitative estimate of drug-likeness (QED) is 0.876. The second-order valence-corrected chi connectivity index (χ2v) is 4.84. The van der Waals surface area contributed by atoms with Crippen molar-refractivity contribution in [1.82, 2.24) is 5.32 Å². The molecule has 0 bridgehead atoms. The summed E-state index contributed by atoms with van der Waals surface area (Å²) in [5, 5.41) is 12.3. The average molecular weight is 269 g/mol. The maximum absolute atomic E-state index is 11.8. The van der Waals surface area contributed by atoms with Crippen LogP contribution in [0.1, 0.15) is 24.1 Å². The van der Waals surface area contributed by atoms with Crippen LogP contribution in [0.3, 0.4) is 0 Å². The van der Waals surface area contributed by atoms with Gasteiger partial charge in [0.2, 0.25) is 5.91 Å². The van der Waals surface area contributed by atoms with Gasteiger partial charge < -0.3 is 10.4 Å². The van der Waals surface area contributed by atoms with Crippen molar-refractivity contribution < 1.29 is 9.90 Å². The minimum absolute atomic E-state index is 0.138. The van der Waals surface area contributed by atoms with Crippen molar-refractivity contribution in [2.75, 3.05) is 0 Å². The Morgan fingerprint density at radius 3 is 2.15 bits per heavy atom. The molecule has 0 saturated heterocycles. The van der Waals surface area contributed by atoms with Crippen LogP contribution in [-0.4, -0.2) is 17.1 Å². The number of benzene rings is 2. The molecule has 2 unspecified atom stereocenters. The Hall–Kier alpha value is -2.13. The van der Waals surface area contributed by atoms with Crippen molar-refractivity contribution in [3.05, 3.63) is 71.8 Å². The zero-order valence-electron chi connectivity index (χ0n) is 11.5. The van der Waals surface area contributed by atoms with Gasteiger partial charge in [-0.2, -0.15) is 0 Å². The number of hydrogen-bond acceptors (Lipinski definition) is 2. The minimum Gasteiger partial charge on any atom is -0.384 e. The molecule has 20 heavy (non-hydrogen) atoms. The Labute approximate surface area is 119 Å². The van der Waals surface area contributed by atoms with Crippen molar-refractivity contribution >= 4 is 5.91 Å². The van der Waals surface area contributed by atoms with E-state index < -0.39 is 6.10 Å². The maximum Gasteiger partial charge on any atom is 0.249 e. The number of carbonyl (C=O) groups excluding carboxylic acids is 1. The van der Waals surface area contributed by atoms with E-state index in [-0.39, 0.29) is 11.9 Å². The molecule has 0 aliphatic carbocycles. The number of rotatable bonds is 5. The molecule has 1 amide bonds. The predicted octanol–water partition coefficient (Wildman–Crippen LogP) is 2.47. The zero-order chi connectivity index (χ0) is 14.4. The Morgan fingerprint density at radius 1 is 1.05 bits per heavy atom. The van der Waals surface area contributed by atoms with E-state index in [0.717, 1.165) is 11.1 Å². The van der Waals surface area contributed by atoms with Crippen LogP contribution in [0.5, 0.6) is 0 Å². The first-order valence-electron chi connectivity index (χ1n) is 6.74. The highest BCUT2D eigenvalue weighted by Gasteiger charge is 2.17. The van der Waals surface area contributed by atoms with Crippen LogP contribution < -0.4 is 5.32 Å². The van der Waals surface area contributed by atoms with Crippen LogP contribution in [0.2, 0.25) is 0 Å². The van der Waals surface area contributed by atoms with Gasteiger partial charge >= 0.3 is 0 Å². The molecule has 0 spiro atoms. The zero-order valence-corrected chi connectivity index (χ0v) is 11.5. The second-order valence-electron chi connectivity index (χ2n) is 4.84. The van der Waals surface area contributed by atoms with Gasteiger partial charge in [-0.1, -0.05) is 60.7 Å². The van der Waals surface area contributed by atoms with Crippen molar-refractivity contribution in [3.63, 3.8) is 0 Å². The lowest BCUT2D eigenvalue weighted by atomic mass is 9.98. The van der Waals surface area contributed by atoms with Crippen LogP contribution >= 0.6 is 0 Å². The van der Waals surface area contributed by atoms with E-state index in [1.54, 1.807) is 0 Å². The number of aliphatic hydroxyl groups is 1. The Balaban J connectivity index is 2.18. The van der Waals surface area contributed by atoms with Crippen molar-refractivity contribution in [2.45, 2.75) is 25.5 Å². The number of aliphatic hydroxyl groups excluding tert-OH is 1. The van der Waals surface area contributed by atoms with Gasteiger partial charge in [0.05, 0.1) is 6.04 Å². The standard InChI is InChI=1S/C17H19NO2/c1-13(19)17(20)18-16(15-10-6-3-7-11-15)12-14-8-4-2-5-9-14/h2-11,13,16,19H,12H2,1H3,(H,18,20). The molecule has 0 aliphatic rings. The third-order valence-electron chi connectivity index (χ3n) is 3.18. The lowest BCUT2D eigenvalue weighted by Crippen LogP contribution is -2.36. The van der Waals surface area contributed by atoms with Crippen LogP contribution in [-0.2, 0) is 11.2 Å². The summed E-state index contributed by atoms with van der Waals surface area (Å²) in [5.41, 5.74) is 2.18. The monoisotopic (exact) mass is 269 g/mol. The fraction of sp³-hybridized carbons (Fsp3) is 0.235. The van der Waals surface area contributed by atoms with Gasteiger partial charge in [-0.25, -0.2) is 0 Å². The van der Waals surface area contributed by atoms with E-state index in [1.807, 2.05) is 60.7 Å². The van der Waals surface area contributed by atoms with E-state index >= 15 is 0 Å². The molecule has 2 aromatic rings. The lowest BCUT2D eigenvalue weighted by Gasteiger charge is -2.20. The number of amides is 1. The fourth-order valence-electron chi connectivity index (χ4n) is 2.08. The van der Waals surface area contributed by atoms with Gasteiger partial charge in [-0.3, -0.25) is 4.79 Å². The Morgan fingerprint density at radius 2 is 1.60 bits per heavy atom. The highest BCUT2D eigenvalue weighted by molar-refractivity contribution is 5.80. The topological polar surface area (TPSA) is 49.3 Å². The minimum atomic E-state index is -1.00. The maximum atomic E-state index is 11.8. The van der Waals surface area contributed by atoms with Crippen molar-refractivity contribution in [1.29, 1.82) is 0 Å². The molecule has 2 N–H and O–H groups in total. The van der Waals surface area contributed by atoms with Gasteiger partial charge in [0.1, 0.15) is 6.10 Å². The molecular weight excluding hydrogens is 250 g/mol. The average Bonchev–Trinajstić information content (AvgIpc) is 2.48. The number of carbonyl (C=O) groups is 1. The summed E-state index contributed by atoms with van der Waals surface area (Å²) in [6.45, 7) is 1.47. The van der Waals surface area contributed by atoms with E-state index in [0.29, 0.717) is 6.42 Å². The molecule has 104 valence electrons. The van der Waals surface area contributed by atoms with E-state index in [1.165, 1.54) is 6.92 Å². The molecule has 2 rings (SSSR count). The molecule has 3 heteroatoms. The highest BCUT2D eigenvalue weighted by atomic mass is 16.3. The summed E-state index contributed by atoms with van der Waals surface area (Å²) >= 11 is 0. The third kappa shape index (κ3) is 3.93. The van der Waals surface area contributed by atoms with Crippen LogP contribution in [0, 0.1) is 0 Å². The number of hydrogen-bond donors (Lipinski definition) is 2. The first-order valence-corrected chi connectivity index (χ1v) is 6.74. The number of nitrogens with one attached hydrogen (secondary N) is 1. The SMILES string of the molecule is CC(O)C(=O)NC(Cc1ccccc1)c1ccccc1. The summed E-state index contributed by atoms with van der Waals surface area (Å²) in [5.74, 6) is -0.352. The van der Waals surface area contributed by atoms with Gasteiger partial charge in [0.25, 0.3) is 0 Å². The molecule has 0 aliphatic heterocycles. The summed E-state index contributed by atoms with van der Waals surface area (Å²) in [6, 6.07) is 19.7. The molecule has 0 fully saturated rings. The van der Waals surface area contributed by atoms with Gasteiger partial charge in [-0.15, -0.1) is 0 Å². The van der Waals surface area contributed by atoms with Crippen LogP contribution in [0.4, 0.5) is 0 Å². The summed E-state index contributed by atoms with van der Waals surface area (Å²) < 4.78 is 0. The third-order valence-corrected chi connectivity index (χ3v) is 3.18. The first kappa shape index (κ1) is 14.3. The summed E-state index contributed by atoms with van der Waals surface area (Å²) in [7, 11) is 0. The predicted molar refractivity (Wildman–Crippen MR) is 79.2 cm³/mol. The largest absolute Gasteiger partial charge is 0.384 e. The molecule has 0 heterocycles. The molecule has 2 atom stereocenters. The van der Waals surface area contributed by atoms with Crippen molar-refractivity contribution in [2.24, 2.45) is 0 Å². The lowest BCUT2D eigenvalue weighted by molar-refractivity contribution is -0.129. The van der Waals surface area contributed by atoms with Gasteiger partial charge in [0, 0.05) is 0 Å². The van der Waals surface area contributed by atoms with Crippen LogP contribution in [0.15, 0.2) is 60.7 Å². The fourth-order valence-corrected chi connectivity index (χ4v) is 2.08. The van der Waals surface area contributed by atoms with E-state index in [4.69, 9.17) is 0 Å². The normalized spacial score (nSPS) is 13.5. The van der Waals surface area contributed by atoms with E-state index in [2.05, 4.69) is 5.32 Å². The van der Waals surface area contributed by atoms with Gasteiger partial charge in [0.15, 0.2) is 0 Å². The highest BCUT2D eigenvalue weighted by Crippen LogP contribution is 2.18. The molecule has 0 saturated carbocycles. The molecule has 2 aromatic carbocycles. The second kappa shape index (κ2) is 6.87. The Bertz CT molecular complexity index is 537. The smallest absolute Gasteiger partial charge is 0.249 e. The Kier molecular flexibility index (Phi) is 4.91. The molecule has 0 aromatic heterocycles. The molecular formula is C17H19NO2. The summed E-state index contributed by atoms with van der Waals surface area (Å²) in [4.78, 5) is 11.8. The first-order chi connectivity index (χ1) is 9.66.